The number of amides is 1. The van der Waals surface area contributed by atoms with Crippen molar-refractivity contribution in [1.29, 1.82) is 0 Å². The van der Waals surface area contributed by atoms with Gasteiger partial charge < -0.3 is 15.2 Å². The molecule has 0 bridgehead atoms. The number of primary amides is 1. The van der Waals surface area contributed by atoms with Crippen molar-refractivity contribution in [1.82, 2.24) is 0 Å². The van der Waals surface area contributed by atoms with E-state index in [1.165, 1.54) is 0 Å². The lowest BCUT2D eigenvalue weighted by Crippen LogP contribution is -2.20. The largest absolute Gasteiger partial charge is 0.483 e. The second-order valence-electron chi connectivity index (χ2n) is 5.23. The monoisotopic (exact) mass is 329 g/mol. The Balaban J connectivity index is 1.93. The molecule has 1 aliphatic heterocycles. The number of rotatable bonds is 4. The molecule has 1 aromatic carbocycles. The lowest BCUT2D eigenvalue weighted by molar-refractivity contribution is -0.119. The second-order valence-corrected chi connectivity index (χ2v) is 6.18. The number of carbonyl (C=O) groups excluding carboxylic acids is 2. The van der Waals surface area contributed by atoms with Crippen molar-refractivity contribution < 1.29 is 19.1 Å². The fraction of sp³-hybridized carbons (Fsp3) is 0.176. The van der Waals surface area contributed by atoms with Crippen LogP contribution in [0.5, 0.6) is 11.5 Å². The van der Waals surface area contributed by atoms with Crippen LogP contribution in [0, 0.1) is 13.8 Å². The summed E-state index contributed by atoms with van der Waals surface area (Å²) in [5.74, 6) is 0.523. The van der Waals surface area contributed by atoms with E-state index in [0.717, 1.165) is 10.4 Å². The molecule has 2 aromatic rings. The summed E-state index contributed by atoms with van der Waals surface area (Å²) in [5, 5.41) is 1.97. The summed E-state index contributed by atoms with van der Waals surface area (Å²) in [4.78, 5) is 24.3. The summed E-state index contributed by atoms with van der Waals surface area (Å²) in [6, 6.07) is 5.28. The highest BCUT2D eigenvalue weighted by atomic mass is 32.1. The molecule has 0 saturated carbocycles. The van der Waals surface area contributed by atoms with E-state index in [4.69, 9.17) is 15.2 Å². The minimum atomic E-state index is -0.560. The first-order chi connectivity index (χ1) is 11.0. The molecule has 0 aliphatic carbocycles. The molecule has 0 atom stereocenters. The first-order valence-electron chi connectivity index (χ1n) is 7.00. The molecule has 23 heavy (non-hydrogen) atoms. The van der Waals surface area contributed by atoms with Crippen LogP contribution in [0.15, 0.2) is 29.3 Å². The van der Waals surface area contributed by atoms with Crippen molar-refractivity contribution in [3.63, 3.8) is 0 Å². The van der Waals surface area contributed by atoms with Crippen molar-refractivity contribution in [3.05, 3.63) is 50.9 Å². The van der Waals surface area contributed by atoms with Crippen molar-refractivity contribution in [2.45, 2.75) is 13.8 Å². The van der Waals surface area contributed by atoms with Crippen molar-refractivity contribution in [3.8, 4) is 11.5 Å². The Hall–Kier alpha value is -2.60. The zero-order valence-electron chi connectivity index (χ0n) is 12.7. The highest BCUT2D eigenvalue weighted by molar-refractivity contribution is 7.11. The predicted octanol–water partition coefficient (Wildman–Crippen LogP) is 2.85. The van der Waals surface area contributed by atoms with Gasteiger partial charge in [0.15, 0.2) is 12.4 Å². The maximum Gasteiger partial charge on any atom is 0.255 e. The molecule has 1 aromatic heterocycles. The van der Waals surface area contributed by atoms with Gasteiger partial charge in [-0.25, -0.2) is 0 Å². The summed E-state index contributed by atoms with van der Waals surface area (Å²) >= 11 is 1.55. The quantitative estimate of drug-likeness (QED) is 0.875. The third-order valence-corrected chi connectivity index (χ3v) is 4.54. The van der Waals surface area contributed by atoms with E-state index in [0.29, 0.717) is 28.4 Å². The highest BCUT2D eigenvalue weighted by Crippen LogP contribution is 2.39. The number of benzene rings is 1. The second kappa shape index (κ2) is 5.89. The molecule has 6 heteroatoms. The zero-order chi connectivity index (χ0) is 16.6. The number of allylic oxidation sites excluding steroid dienone is 1. The third kappa shape index (κ3) is 2.85. The molecule has 1 amide bonds. The average molecular weight is 329 g/mol. The molecular formula is C17H15NO4S. The topological polar surface area (TPSA) is 78.6 Å². The summed E-state index contributed by atoms with van der Waals surface area (Å²) in [6.45, 7) is 3.54. The van der Waals surface area contributed by atoms with Crippen molar-refractivity contribution in [2.75, 3.05) is 6.61 Å². The zero-order valence-corrected chi connectivity index (χ0v) is 13.5. The van der Waals surface area contributed by atoms with E-state index >= 15 is 0 Å². The summed E-state index contributed by atoms with van der Waals surface area (Å²) in [6.07, 6.45) is 1.76. The fourth-order valence-electron chi connectivity index (χ4n) is 2.32. The minimum Gasteiger partial charge on any atom is -0.483 e. The van der Waals surface area contributed by atoms with Crippen LogP contribution >= 0.6 is 11.3 Å². The van der Waals surface area contributed by atoms with Gasteiger partial charge in [0.25, 0.3) is 5.91 Å². The van der Waals surface area contributed by atoms with E-state index in [-0.39, 0.29) is 12.4 Å². The Labute approximate surface area is 137 Å². The predicted molar refractivity (Wildman–Crippen MR) is 87.9 cm³/mol. The Morgan fingerprint density at radius 2 is 2.13 bits per heavy atom. The number of fused-ring (bicyclic) bond motifs is 1. The number of thiophene rings is 1. The van der Waals surface area contributed by atoms with Gasteiger partial charge >= 0.3 is 0 Å². The molecule has 2 heterocycles. The van der Waals surface area contributed by atoms with E-state index in [2.05, 4.69) is 0 Å². The molecule has 1 aliphatic rings. The van der Waals surface area contributed by atoms with Crippen LogP contribution in [-0.4, -0.2) is 18.3 Å². The molecule has 2 N–H and O–H groups in total. The Bertz CT molecular complexity index is 835. The molecule has 0 spiro atoms. The molecule has 0 unspecified atom stereocenters. The van der Waals surface area contributed by atoms with Gasteiger partial charge in [-0.15, -0.1) is 11.3 Å². The minimum absolute atomic E-state index is 0.155. The van der Waals surface area contributed by atoms with Crippen LogP contribution in [-0.2, 0) is 4.79 Å². The number of ether oxygens (including phenoxy) is 2. The molecule has 0 radical (unpaired) electrons. The van der Waals surface area contributed by atoms with Crippen LogP contribution in [0.3, 0.4) is 0 Å². The average Bonchev–Trinajstić information content (AvgIpc) is 3.04. The van der Waals surface area contributed by atoms with Gasteiger partial charge in [0.2, 0.25) is 5.78 Å². The summed E-state index contributed by atoms with van der Waals surface area (Å²) < 4.78 is 11.1. The maximum atomic E-state index is 12.5. The number of carbonyl (C=O) groups is 2. The van der Waals surface area contributed by atoms with E-state index in [9.17, 15) is 9.59 Å². The van der Waals surface area contributed by atoms with Crippen LogP contribution in [0.25, 0.3) is 6.08 Å². The molecular weight excluding hydrogens is 314 g/mol. The maximum absolute atomic E-state index is 12.5. The number of aryl methyl sites for hydroxylation is 1. The standard InChI is InChI=1S/C17H15NO4S/c1-9-5-6-23-14(9)7-13-16(20)11-3-4-12(21-8-15(18)19)10(2)17(11)22-13/h3-7H,8H2,1-2H3,(H2,18,19)/b13-7-. The number of nitrogens with two attached hydrogens (primary N) is 1. The van der Waals surface area contributed by atoms with Gasteiger partial charge in [-0.1, -0.05) is 0 Å². The SMILES string of the molecule is Cc1ccsc1/C=C1\Oc2c(ccc(OCC(N)=O)c2C)C1=O. The number of hydrogen-bond acceptors (Lipinski definition) is 5. The van der Waals surface area contributed by atoms with Gasteiger partial charge in [-0.2, -0.15) is 0 Å². The number of Topliss-reactive ketones (excluding diaryl/α,β-unsaturated/α-hetero) is 1. The van der Waals surface area contributed by atoms with Gasteiger partial charge in [0.05, 0.1) is 5.56 Å². The van der Waals surface area contributed by atoms with Gasteiger partial charge in [0.1, 0.15) is 11.5 Å². The van der Waals surface area contributed by atoms with Crippen LogP contribution in [0.1, 0.15) is 26.4 Å². The normalized spacial score (nSPS) is 14.7. The first kappa shape index (κ1) is 15.3. The molecule has 5 nitrogen and oxygen atoms in total. The number of hydrogen-bond donors (Lipinski definition) is 1. The van der Waals surface area contributed by atoms with E-state index < -0.39 is 5.91 Å². The third-order valence-electron chi connectivity index (χ3n) is 3.57. The van der Waals surface area contributed by atoms with Gasteiger partial charge in [0, 0.05) is 16.5 Å². The van der Waals surface area contributed by atoms with Crippen LogP contribution in [0.2, 0.25) is 0 Å². The van der Waals surface area contributed by atoms with E-state index in [1.54, 1.807) is 36.5 Å². The molecule has 118 valence electrons. The van der Waals surface area contributed by atoms with Gasteiger partial charge in [-0.3, -0.25) is 9.59 Å². The summed E-state index contributed by atoms with van der Waals surface area (Å²) in [5.41, 5.74) is 7.34. The highest BCUT2D eigenvalue weighted by Gasteiger charge is 2.30. The van der Waals surface area contributed by atoms with Crippen molar-refractivity contribution >= 4 is 29.1 Å². The molecule has 0 fully saturated rings. The molecule has 0 saturated heterocycles. The van der Waals surface area contributed by atoms with Crippen LogP contribution < -0.4 is 15.2 Å². The van der Waals surface area contributed by atoms with Crippen LogP contribution in [0.4, 0.5) is 0 Å². The fourth-order valence-corrected chi connectivity index (χ4v) is 3.17. The van der Waals surface area contributed by atoms with Crippen molar-refractivity contribution in [2.24, 2.45) is 5.73 Å². The smallest absolute Gasteiger partial charge is 0.255 e. The lowest BCUT2D eigenvalue weighted by Gasteiger charge is -2.09. The van der Waals surface area contributed by atoms with E-state index in [1.807, 2.05) is 18.4 Å². The Morgan fingerprint density at radius 3 is 2.78 bits per heavy atom. The Morgan fingerprint density at radius 1 is 1.35 bits per heavy atom. The Kier molecular flexibility index (Phi) is 3.92. The lowest BCUT2D eigenvalue weighted by atomic mass is 10.1. The van der Waals surface area contributed by atoms with Gasteiger partial charge in [-0.05, 0) is 43.0 Å². The summed E-state index contributed by atoms with van der Waals surface area (Å²) in [7, 11) is 0. The first-order valence-corrected chi connectivity index (χ1v) is 7.88. The molecule has 3 rings (SSSR count). The number of ketones is 1.